The molecule has 2 aliphatic carbocycles. The molecule has 184 valence electrons. The highest BCUT2D eigenvalue weighted by Gasteiger charge is 2.73. The summed E-state index contributed by atoms with van der Waals surface area (Å²) in [6.07, 6.45) is 4.58. The fourth-order valence-corrected chi connectivity index (χ4v) is 7.64. The average molecular weight is 492 g/mol. The van der Waals surface area contributed by atoms with E-state index in [0.717, 1.165) is 37.9 Å². The minimum absolute atomic E-state index is 0.00208. The maximum atomic E-state index is 12.5. The van der Waals surface area contributed by atoms with Crippen LogP contribution in [0.3, 0.4) is 0 Å². The van der Waals surface area contributed by atoms with Crippen LogP contribution in [0.2, 0.25) is 0 Å². The van der Waals surface area contributed by atoms with Crippen LogP contribution in [0.1, 0.15) is 36.0 Å². The summed E-state index contributed by atoms with van der Waals surface area (Å²) in [7, 11) is 2.02. The topological polar surface area (TPSA) is 68.2 Å². The van der Waals surface area contributed by atoms with Crippen LogP contribution in [-0.4, -0.2) is 69.1 Å². The second-order valence-corrected chi connectivity index (χ2v) is 10.9. The van der Waals surface area contributed by atoms with Crippen LogP contribution >= 0.6 is 12.2 Å². The van der Waals surface area contributed by atoms with Crippen LogP contribution in [0.15, 0.2) is 55.1 Å². The Kier molecular flexibility index (Phi) is 5.36. The van der Waals surface area contributed by atoms with Crippen molar-refractivity contribution >= 4 is 17.3 Å². The summed E-state index contributed by atoms with van der Waals surface area (Å²) < 4.78 is 6.64. The summed E-state index contributed by atoms with van der Waals surface area (Å²) in [5.74, 6) is 0.720. The maximum absolute atomic E-state index is 12.5. The predicted molar refractivity (Wildman–Crippen MR) is 140 cm³/mol. The second-order valence-electron chi connectivity index (χ2n) is 10.5. The first-order chi connectivity index (χ1) is 16.9. The Hall–Kier alpha value is -2.61. The molecule has 1 spiro atoms. The van der Waals surface area contributed by atoms with Gasteiger partial charge in [0.25, 0.3) is 0 Å². The normalized spacial score (nSPS) is 32.3. The molecule has 5 atom stereocenters. The lowest BCUT2D eigenvalue weighted by molar-refractivity contribution is -0.194. The number of nitrogens with zero attached hydrogens (tertiary/aromatic N) is 2. The SMILES string of the molecule is C=CCN1CC[C@]23c4c5ccc(O)c4O[C@H]2[C@@H](N(C)C(=S)NCc2ccccc2)CC[C@@]3(O)[C@H]1C5. The molecular weight excluding hydrogens is 458 g/mol. The summed E-state index contributed by atoms with van der Waals surface area (Å²) in [6, 6.07) is 14.0. The fraction of sp³-hybridized carbons (Fsp3) is 0.464. The van der Waals surface area contributed by atoms with Crippen LogP contribution in [0.4, 0.5) is 0 Å². The molecule has 0 aromatic heterocycles. The molecule has 7 heteroatoms. The number of aromatic hydroxyl groups is 1. The van der Waals surface area contributed by atoms with E-state index in [1.54, 1.807) is 6.07 Å². The monoisotopic (exact) mass is 491 g/mol. The number of rotatable bonds is 5. The zero-order chi connectivity index (χ0) is 24.4. The van der Waals surface area contributed by atoms with Gasteiger partial charge in [-0.15, -0.1) is 6.58 Å². The molecule has 3 N–H and O–H groups in total. The van der Waals surface area contributed by atoms with Crippen molar-refractivity contribution in [2.75, 3.05) is 20.1 Å². The number of phenolic OH excluding ortho intramolecular Hbond substituents is 1. The Balaban J connectivity index is 1.36. The molecule has 2 aromatic carbocycles. The number of phenols is 1. The van der Waals surface area contributed by atoms with Gasteiger partial charge in [0.05, 0.1) is 17.1 Å². The van der Waals surface area contributed by atoms with E-state index < -0.39 is 11.0 Å². The van der Waals surface area contributed by atoms with Gasteiger partial charge in [0.15, 0.2) is 16.6 Å². The van der Waals surface area contributed by atoms with Crippen LogP contribution in [-0.2, 0) is 18.4 Å². The molecule has 1 saturated heterocycles. The van der Waals surface area contributed by atoms with Crippen molar-refractivity contribution in [2.45, 2.75) is 61.4 Å². The van der Waals surface area contributed by atoms with Gasteiger partial charge in [-0.1, -0.05) is 42.5 Å². The van der Waals surface area contributed by atoms with E-state index in [1.807, 2.05) is 37.4 Å². The summed E-state index contributed by atoms with van der Waals surface area (Å²) in [6.45, 7) is 6.22. The average Bonchev–Trinajstić information content (AvgIpc) is 3.22. The number of hydrogen-bond acceptors (Lipinski definition) is 5. The van der Waals surface area contributed by atoms with Crippen molar-refractivity contribution < 1.29 is 14.9 Å². The van der Waals surface area contributed by atoms with Gasteiger partial charge in [0, 0.05) is 31.7 Å². The van der Waals surface area contributed by atoms with Crippen LogP contribution in [0.25, 0.3) is 0 Å². The van der Waals surface area contributed by atoms with Gasteiger partial charge in [-0.05, 0) is 61.6 Å². The van der Waals surface area contributed by atoms with Gasteiger partial charge in [-0.25, -0.2) is 0 Å². The molecule has 2 aromatic rings. The van der Waals surface area contributed by atoms with Crippen molar-refractivity contribution in [1.82, 2.24) is 15.1 Å². The molecule has 4 aliphatic rings. The number of likely N-dealkylation sites (N-methyl/N-ethyl adjacent to an activating group) is 1. The molecule has 1 saturated carbocycles. The Morgan fingerprint density at radius 2 is 2.09 bits per heavy atom. The zero-order valence-corrected chi connectivity index (χ0v) is 20.9. The van der Waals surface area contributed by atoms with Gasteiger partial charge >= 0.3 is 0 Å². The first kappa shape index (κ1) is 22.8. The molecule has 35 heavy (non-hydrogen) atoms. The largest absolute Gasteiger partial charge is 0.504 e. The predicted octanol–water partition coefficient (Wildman–Crippen LogP) is 3.11. The number of hydrogen-bond donors (Lipinski definition) is 3. The molecule has 0 radical (unpaired) electrons. The maximum Gasteiger partial charge on any atom is 0.169 e. The third-order valence-corrected chi connectivity index (χ3v) is 9.44. The molecule has 2 bridgehead atoms. The van der Waals surface area contributed by atoms with Gasteiger partial charge in [-0.3, -0.25) is 4.90 Å². The van der Waals surface area contributed by atoms with E-state index in [-0.39, 0.29) is 23.9 Å². The molecule has 2 heterocycles. The zero-order valence-electron chi connectivity index (χ0n) is 20.1. The van der Waals surface area contributed by atoms with Crippen LogP contribution in [0.5, 0.6) is 11.5 Å². The van der Waals surface area contributed by atoms with E-state index in [4.69, 9.17) is 17.0 Å². The van der Waals surface area contributed by atoms with Crippen molar-refractivity contribution in [1.29, 1.82) is 0 Å². The highest BCUT2D eigenvalue weighted by atomic mass is 32.1. The van der Waals surface area contributed by atoms with E-state index in [2.05, 4.69) is 33.8 Å². The Morgan fingerprint density at radius 3 is 2.86 bits per heavy atom. The molecule has 0 unspecified atom stereocenters. The number of likely N-dealkylation sites (tertiary alicyclic amines) is 1. The summed E-state index contributed by atoms with van der Waals surface area (Å²) in [4.78, 5) is 4.48. The van der Waals surface area contributed by atoms with Crippen LogP contribution < -0.4 is 10.1 Å². The smallest absolute Gasteiger partial charge is 0.169 e. The number of piperidine rings is 1. The molecule has 6 nitrogen and oxygen atoms in total. The highest BCUT2D eigenvalue weighted by Crippen LogP contribution is 2.65. The number of nitrogens with one attached hydrogen (secondary N) is 1. The summed E-state index contributed by atoms with van der Waals surface area (Å²) in [5.41, 5.74) is 1.88. The highest BCUT2D eigenvalue weighted by molar-refractivity contribution is 7.80. The second kappa shape index (κ2) is 8.22. The first-order valence-electron chi connectivity index (χ1n) is 12.5. The Labute approximate surface area is 212 Å². The summed E-state index contributed by atoms with van der Waals surface area (Å²) in [5, 5.41) is 27.3. The number of thiocarbonyl (C=S) groups is 1. The molecule has 2 aliphatic heterocycles. The van der Waals surface area contributed by atoms with E-state index in [9.17, 15) is 10.2 Å². The first-order valence-corrected chi connectivity index (χ1v) is 13.0. The van der Waals surface area contributed by atoms with Crippen molar-refractivity contribution in [3.8, 4) is 11.5 Å². The minimum Gasteiger partial charge on any atom is -0.504 e. The van der Waals surface area contributed by atoms with Crippen molar-refractivity contribution in [3.05, 3.63) is 71.8 Å². The third-order valence-electron chi connectivity index (χ3n) is 9.01. The van der Waals surface area contributed by atoms with E-state index >= 15 is 0 Å². The fourth-order valence-electron chi connectivity index (χ4n) is 7.43. The van der Waals surface area contributed by atoms with Gasteiger partial charge in [0.2, 0.25) is 0 Å². The van der Waals surface area contributed by atoms with Crippen LogP contribution in [0, 0.1) is 0 Å². The number of benzene rings is 2. The Bertz CT molecular complexity index is 1170. The standard InChI is InChI=1S/C28H33N3O3S/c1-3-14-31-15-13-27-23-19-9-10-21(32)24(23)34-25(27)20(11-12-28(27,33)22(31)16-19)30(2)26(35)29-17-18-7-5-4-6-8-18/h3-10,20,22,25,32-33H,1,11-17H2,2H3,(H,29,35)/t20-,22+,25-,27-,28+/m0/s1. The van der Waals surface area contributed by atoms with Crippen molar-refractivity contribution in [2.24, 2.45) is 0 Å². The van der Waals surface area contributed by atoms with Crippen molar-refractivity contribution in [3.63, 3.8) is 0 Å². The van der Waals surface area contributed by atoms with E-state index in [1.165, 1.54) is 11.1 Å². The lowest BCUT2D eigenvalue weighted by atomic mass is 9.48. The quantitative estimate of drug-likeness (QED) is 0.439. The summed E-state index contributed by atoms with van der Waals surface area (Å²) >= 11 is 5.82. The molecule has 6 rings (SSSR count). The Morgan fingerprint density at radius 1 is 1.29 bits per heavy atom. The third kappa shape index (κ3) is 3.11. The number of ether oxygens (including phenoxy) is 1. The van der Waals surface area contributed by atoms with E-state index in [0.29, 0.717) is 23.8 Å². The van der Waals surface area contributed by atoms with Gasteiger partial charge < -0.3 is 25.2 Å². The minimum atomic E-state index is -0.929. The molecule has 2 fully saturated rings. The number of aliphatic hydroxyl groups is 1. The lowest BCUT2D eigenvalue weighted by Crippen LogP contribution is -2.78. The molecule has 0 amide bonds. The van der Waals surface area contributed by atoms with Gasteiger partial charge in [0.1, 0.15) is 6.10 Å². The van der Waals surface area contributed by atoms with Gasteiger partial charge in [-0.2, -0.15) is 0 Å². The molecular formula is C28H33N3O3S. The lowest BCUT2D eigenvalue weighted by Gasteiger charge is -2.64.